The number of aromatic amines is 1. The predicted molar refractivity (Wildman–Crippen MR) is 101 cm³/mol. The van der Waals surface area contributed by atoms with Gasteiger partial charge in [-0.05, 0) is 55.2 Å². The minimum Gasteiger partial charge on any atom is -0.378 e. The molecule has 3 heterocycles. The number of aromatic nitrogens is 2. The van der Waals surface area contributed by atoms with Crippen LogP contribution in [0.25, 0.3) is 11.0 Å². The molecule has 5 nitrogen and oxygen atoms in total. The fraction of sp³-hybridized carbons (Fsp3) is 0.350. The molecule has 6 heteroatoms. The van der Waals surface area contributed by atoms with E-state index in [2.05, 4.69) is 16.0 Å². The summed E-state index contributed by atoms with van der Waals surface area (Å²) in [6, 6.07) is 13.3. The van der Waals surface area contributed by atoms with E-state index in [1.165, 1.54) is 6.26 Å². The third-order valence-corrected chi connectivity index (χ3v) is 6.15. The van der Waals surface area contributed by atoms with Gasteiger partial charge in [0, 0.05) is 36.1 Å². The molecule has 0 aliphatic carbocycles. The van der Waals surface area contributed by atoms with Crippen molar-refractivity contribution in [2.45, 2.75) is 36.2 Å². The molecule has 1 saturated heterocycles. The summed E-state index contributed by atoms with van der Waals surface area (Å²) in [7, 11) is -3.20. The number of benzene rings is 1. The summed E-state index contributed by atoms with van der Waals surface area (Å²) in [5.74, 6) is 0.112. The molecular weight excluding hydrogens is 348 g/mol. The fourth-order valence-corrected chi connectivity index (χ4v) is 4.28. The SMILES string of the molecule is CS(=O)(=O)c1ccc(C(CC2CCCO2)c2cc3cccnc3[nH]2)cc1. The molecule has 1 fully saturated rings. The highest BCUT2D eigenvalue weighted by molar-refractivity contribution is 7.90. The first kappa shape index (κ1) is 17.2. The van der Waals surface area contributed by atoms with E-state index < -0.39 is 9.84 Å². The Balaban J connectivity index is 1.72. The van der Waals surface area contributed by atoms with Gasteiger partial charge in [0.05, 0.1) is 11.0 Å². The van der Waals surface area contributed by atoms with Crippen molar-refractivity contribution in [3.05, 3.63) is 59.9 Å². The van der Waals surface area contributed by atoms with Crippen LogP contribution < -0.4 is 0 Å². The van der Waals surface area contributed by atoms with E-state index in [4.69, 9.17) is 4.74 Å². The molecule has 2 atom stereocenters. The summed E-state index contributed by atoms with van der Waals surface area (Å²) in [6.45, 7) is 0.818. The third kappa shape index (κ3) is 3.52. The zero-order chi connectivity index (χ0) is 18.1. The quantitative estimate of drug-likeness (QED) is 0.744. The maximum absolute atomic E-state index is 11.7. The number of nitrogens with one attached hydrogen (secondary N) is 1. The van der Waals surface area contributed by atoms with Crippen LogP contribution in [0.2, 0.25) is 0 Å². The van der Waals surface area contributed by atoms with E-state index in [0.29, 0.717) is 4.90 Å². The molecule has 0 amide bonds. The monoisotopic (exact) mass is 370 g/mol. The maximum Gasteiger partial charge on any atom is 0.175 e. The average molecular weight is 370 g/mol. The topological polar surface area (TPSA) is 72.1 Å². The van der Waals surface area contributed by atoms with Crippen molar-refractivity contribution >= 4 is 20.9 Å². The van der Waals surface area contributed by atoms with Crippen LogP contribution in [0.3, 0.4) is 0 Å². The Kier molecular flexibility index (Phi) is 4.54. The van der Waals surface area contributed by atoms with Crippen LogP contribution in [0.4, 0.5) is 0 Å². The molecule has 1 aliphatic heterocycles. The summed E-state index contributed by atoms with van der Waals surface area (Å²) in [6.07, 6.45) is 6.27. The second-order valence-corrected chi connectivity index (χ2v) is 8.95. The van der Waals surface area contributed by atoms with Gasteiger partial charge in [-0.2, -0.15) is 0 Å². The molecular formula is C20H22N2O3S. The zero-order valence-corrected chi connectivity index (χ0v) is 15.5. The Morgan fingerprint density at radius 1 is 1.27 bits per heavy atom. The molecule has 3 aromatic rings. The summed E-state index contributed by atoms with van der Waals surface area (Å²) in [4.78, 5) is 8.16. The van der Waals surface area contributed by atoms with Crippen LogP contribution in [0.1, 0.15) is 36.4 Å². The molecule has 2 aromatic heterocycles. The first-order chi connectivity index (χ1) is 12.5. The molecule has 0 spiro atoms. The van der Waals surface area contributed by atoms with Crippen molar-refractivity contribution in [2.75, 3.05) is 12.9 Å². The van der Waals surface area contributed by atoms with Gasteiger partial charge in [-0.25, -0.2) is 13.4 Å². The Morgan fingerprint density at radius 3 is 2.73 bits per heavy atom. The minimum absolute atomic E-state index is 0.112. The molecule has 1 N–H and O–H groups in total. The smallest absolute Gasteiger partial charge is 0.175 e. The Hall–Kier alpha value is -2.18. The molecule has 1 aliphatic rings. The van der Waals surface area contributed by atoms with Gasteiger partial charge >= 0.3 is 0 Å². The lowest BCUT2D eigenvalue weighted by Crippen LogP contribution is -2.13. The van der Waals surface area contributed by atoms with Crippen molar-refractivity contribution in [1.82, 2.24) is 9.97 Å². The lowest BCUT2D eigenvalue weighted by atomic mass is 9.89. The van der Waals surface area contributed by atoms with Crippen LogP contribution in [0, 0.1) is 0 Å². The zero-order valence-electron chi connectivity index (χ0n) is 14.7. The normalized spacial score (nSPS) is 19.0. The maximum atomic E-state index is 11.7. The lowest BCUT2D eigenvalue weighted by molar-refractivity contribution is 0.100. The van der Waals surface area contributed by atoms with Crippen LogP contribution in [0.5, 0.6) is 0 Å². The third-order valence-electron chi connectivity index (χ3n) is 5.02. The number of hydrogen-bond acceptors (Lipinski definition) is 4. The second-order valence-electron chi connectivity index (χ2n) is 6.93. The van der Waals surface area contributed by atoms with E-state index >= 15 is 0 Å². The number of sulfone groups is 1. The summed E-state index contributed by atoms with van der Waals surface area (Å²) in [5, 5.41) is 1.08. The van der Waals surface area contributed by atoms with Gasteiger partial charge in [0.15, 0.2) is 9.84 Å². The number of nitrogens with zero attached hydrogens (tertiary/aromatic N) is 1. The number of rotatable bonds is 5. The van der Waals surface area contributed by atoms with Crippen molar-refractivity contribution < 1.29 is 13.2 Å². The van der Waals surface area contributed by atoms with E-state index in [9.17, 15) is 8.42 Å². The molecule has 0 bridgehead atoms. The number of hydrogen-bond donors (Lipinski definition) is 1. The first-order valence-electron chi connectivity index (χ1n) is 8.86. The molecule has 4 rings (SSSR count). The average Bonchev–Trinajstić information content (AvgIpc) is 3.28. The van der Waals surface area contributed by atoms with Gasteiger partial charge in [0.2, 0.25) is 0 Å². The Labute approximate surface area is 153 Å². The van der Waals surface area contributed by atoms with E-state index in [1.54, 1.807) is 18.3 Å². The molecule has 2 unspecified atom stereocenters. The number of ether oxygens (including phenoxy) is 1. The highest BCUT2D eigenvalue weighted by atomic mass is 32.2. The summed E-state index contributed by atoms with van der Waals surface area (Å²) < 4.78 is 29.3. The molecule has 1 aromatic carbocycles. The standard InChI is InChI=1S/C20H22N2O3S/c1-26(23,24)17-8-6-14(7-9-17)18(13-16-5-3-11-25-16)19-12-15-4-2-10-21-20(15)22-19/h2,4,6-10,12,16,18H,3,5,11,13H2,1H3,(H,21,22). The number of pyridine rings is 1. The van der Waals surface area contributed by atoms with Crippen LogP contribution in [0.15, 0.2) is 53.6 Å². The van der Waals surface area contributed by atoms with E-state index in [0.717, 1.165) is 48.2 Å². The first-order valence-corrected chi connectivity index (χ1v) is 10.7. The van der Waals surface area contributed by atoms with Gasteiger partial charge in [-0.1, -0.05) is 12.1 Å². The van der Waals surface area contributed by atoms with Crippen LogP contribution >= 0.6 is 0 Å². The summed E-state index contributed by atoms with van der Waals surface area (Å²) >= 11 is 0. The van der Waals surface area contributed by atoms with Gasteiger partial charge < -0.3 is 9.72 Å². The van der Waals surface area contributed by atoms with Gasteiger partial charge in [-0.3, -0.25) is 0 Å². The highest BCUT2D eigenvalue weighted by Crippen LogP contribution is 2.34. The van der Waals surface area contributed by atoms with Crippen LogP contribution in [-0.4, -0.2) is 37.4 Å². The molecule has 26 heavy (non-hydrogen) atoms. The Morgan fingerprint density at radius 2 is 2.08 bits per heavy atom. The van der Waals surface area contributed by atoms with Crippen molar-refractivity contribution in [3.63, 3.8) is 0 Å². The molecule has 0 radical (unpaired) electrons. The molecule has 136 valence electrons. The van der Waals surface area contributed by atoms with Crippen molar-refractivity contribution in [3.8, 4) is 0 Å². The van der Waals surface area contributed by atoms with E-state index in [-0.39, 0.29) is 12.0 Å². The number of H-pyrrole nitrogens is 1. The Bertz CT molecular complexity index is 970. The van der Waals surface area contributed by atoms with E-state index in [1.807, 2.05) is 24.3 Å². The minimum atomic E-state index is -3.20. The lowest BCUT2D eigenvalue weighted by Gasteiger charge is -2.20. The predicted octanol–water partition coefficient (Wildman–Crippen LogP) is 3.67. The molecule has 0 saturated carbocycles. The van der Waals surface area contributed by atoms with Gasteiger partial charge in [0.1, 0.15) is 5.65 Å². The largest absolute Gasteiger partial charge is 0.378 e. The fourth-order valence-electron chi connectivity index (χ4n) is 3.65. The van der Waals surface area contributed by atoms with Crippen molar-refractivity contribution in [2.24, 2.45) is 0 Å². The van der Waals surface area contributed by atoms with Crippen LogP contribution in [-0.2, 0) is 14.6 Å². The van der Waals surface area contributed by atoms with Crippen molar-refractivity contribution in [1.29, 1.82) is 0 Å². The number of fused-ring (bicyclic) bond motifs is 1. The van der Waals surface area contributed by atoms with Gasteiger partial charge in [-0.15, -0.1) is 0 Å². The highest BCUT2D eigenvalue weighted by Gasteiger charge is 2.25. The second kappa shape index (κ2) is 6.85. The summed E-state index contributed by atoms with van der Waals surface area (Å²) in [5.41, 5.74) is 3.04. The van der Waals surface area contributed by atoms with Gasteiger partial charge in [0.25, 0.3) is 0 Å².